The van der Waals surface area contributed by atoms with Gasteiger partial charge in [0.25, 0.3) is 0 Å². The first-order chi connectivity index (χ1) is 18.0. The van der Waals surface area contributed by atoms with Gasteiger partial charge in [0.2, 0.25) is 6.29 Å². The standard InChI is InChI=1S/C28H42O2.C3H8.2C2H6/c1-3-20(2)24-9-11-26(12-10-24)30-27(29-25-7-5-4-6-8-25)19-28-16-21-13-22(17-28)15-23(14-21)18-28;1-3-2;2*1-2/h9-12,20-23,25,27H,3-8,13-19H2,1-2H3;3H2,1-2H3;2*1-2H3. The van der Waals surface area contributed by atoms with Crippen LogP contribution in [0.2, 0.25) is 0 Å². The molecule has 37 heavy (non-hydrogen) atoms. The highest BCUT2D eigenvalue weighted by atomic mass is 16.7. The average molecular weight is 515 g/mol. The molecule has 0 spiro atoms. The van der Waals surface area contributed by atoms with E-state index in [-0.39, 0.29) is 6.29 Å². The van der Waals surface area contributed by atoms with Crippen molar-refractivity contribution < 1.29 is 9.47 Å². The maximum absolute atomic E-state index is 6.71. The Hall–Kier alpha value is -1.02. The quantitative estimate of drug-likeness (QED) is 0.321. The van der Waals surface area contributed by atoms with Gasteiger partial charge in [-0.25, -0.2) is 0 Å². The summed E-state index contributed by atoms with van der Waals surface area (Å²) in [5.41, 5.74) is 1.90. The molecule has 2 heteroatoms. The van der Waals surface area contributed by atoms with Crippen LogP contribution < -0.4 is 4.74 Å². The highest BCUT2D eigenvalue weighted by Gasteiger charge is 2.52. The second-order valence-corrected chi connectivity index (χ2v) is 12.2. The Bertz CT molecular complexity index is 667. The van der Waals surface area contributed by atoms with Gasteiger partial charge in [0, 0.05) is 6.42 Å². The molecule has 1 aromatic rings. The molecule has 0 radical (unpaired) electrons. The first-order valence-electron chi connectivity index (χ1n) is 16.4. The van der Waals surface area contributed by atoms with E-state index in [1.54, 1.807) is 0 Å². The summed E-state index contributed by atoms with van der Waals surface area (Å²) in [6.45, 7) is 16.8. The van der Waals surface area contributed by atoms with Crippen LogP contribution in [0.5, 0.6) is 5.75 Å². The van der Waals surface area contributed by atoms with Crippen molar-refractivity contribution in [1.82, 2.24) is 0 Å². The van der Waals surface area contributed by atoms with Gasteiger partial charge in [-0.3, -0.25) is 0 Å². The Morgan fingerprint density at radius 1 is 0.784 bits per heavy atom. The number of hydrogen-bond donors (Lipinski definition) is 0. The van der Waals surface area contributed by atoms with E-state index in [0.717, 1.165) is 29.9 Å². The van der Waals surface area contributed by atoms with E-state index in [1.165, 1.54) is 89.0 Å². The molecule has 5 saturated carbocycles. The van der Waals surface area contributed by atoms with Gasteiger partial charge in [-0.05, 0) is 105 Å². The van der Waals surface area contributed by atoms with Crippen molar-refractivity contribution in [2.45, 2.75) is 164 Å². The van der Waals surface area contributed by atoms with E-state index in [4.69, 9.17) is 9.47 Å². The predicted molar refractivity (Wildman–Crippen MR) is 161 cm³/mol. The third kappa shape index (κ3) is 9.59. The molecule has 0 saturated heterocycles. The lowest BCUT2D eigenvalue weighted by Crippen LogP contribution is -2.48. The minimum Gasteiger partial charge on any atom is -0.465 e. The van der Waals surface area contributed by atoms with Gasteiger partial charge in [-0.2, -0.15) is 0 Å². The molecule has 0 aliphatic heterocycles. The summed E-state index contributed by atoms with van der Waals surface area (Å²) in [6.07, 6.45) is 19.1. The number of benzene rings is 1. The molecule has 0 heterocycles. The summed E-state index contributed by atoms with van der Waals surface area (Å²) in [7, 11) is 0. The molecule has 2 nitrogen and oxygen atoms in total. The first kappa shape index (κ1) is 32.2. The van der Waals surface area contributed by atoms with Crippen molar-refractivity contribution in [3.05, 3.63) is 29.8 Å². The van der Waals surface area contributed by atoms with Gasteiger partial charge in [0.05, 0.1) is 6.10 Å². The molecule has 214 valence electrons. The van der Waals surface area contributed by atoms with Crippen LogP contribution in [0.25, 0.3) is 0 Å². The minimum absolute atomic E-state index is 0.0706. The summed E-state index contributed by atoms with van der Waals surface area (Å²) in [6, 6.07) is 8.87. The van der Waals surface area contributed by atoms with E-state index >= 15 is 0 Å². The smallest absolute Gasteiger partial charge is 0.200 e. The van der Waals surface area contributed by atoms with Crippen LogP contribution in [0, 0.1) is 23.2 Å². The first-order valence-corrected chi connectivity index (χ1v) is 16.4. The SMILES string of the molecule is CC.CC.CCC.CCC(C)c1ccc(OC(CC23CC4CC(CC(C4)C2)C3)OC2CCCCC2)cc1. The maximum Gasteiger partial charge on any atom is 0.200 e. The zero-order valence-electron chi connectivity index (χ0n) is 26.0. The van der Waals surface area contributed by atoms with Crippen molar-refractivity contribution in [3.63, 3.8) is 0 Å². The predicted octanol–water partition coefficient (Wildman–Crippen LogP) is 11.3. The van der Waals surface area contributed by atoms with Gasteiger partial charge in [0.1, 0.15) is 5.75 Å². The molecule has 5 aliphatic carbocycles. The van der Waals surface area contributed by atoms with Gasteiger partial charge >= 0.3 is 0 Å². The van der Waals surface area contributed by atoms with E-state index in [2.05, 4.69) is 52.0 Å². The topological polar surface area (TPSA) is 18.5 Å². The van der Waals surface area contributed by atoms with Crippen LogP contribution in [0.1, 0.15) is 157 Å². The van der Waals surface area contributed by atoms with Crippen LogP contribution >= 0.6 is 0 Å². The van der Waals surface area contributed by atoms with Crippen LogP contribution in [0.3, 0.4) is 0 Å². The Kier molecular flexibility index (Phi) is 14.6. The molecule has 2 atom stereocenters. The lowest BCUT2D eigenvalue weighted by molar-refractivity contribution is -0.169. The van der Waals surface area contributed by atoms with E-state index in [1.807, 2.05) is 27.7 Å². The number of ether oxygens (including phenoxy) is 2. The third-order valence-electron chi connectivity index (χ3n) is 8.99. The number of hydrogen-bond acceptors (Lipinski definition) is 2. The Morgan fingerprint density at radius 3 is 1.73 bits per heavy atom. The van der Waals surface area contributed by atoms with E-state index in [9.17, 15) is 0 Å². The molecule has 2 unspecified atom stereocenters. The molecule has 0 aromatic heterocycles. The minimum atomic E-state index is -0.0706. The van der Waals surface area contributed by atoms with Crippen LogP contribution in [-0.2, 0) is 4.74 Å². The number of rotatable bonds is 8. The second-order valence-electron chi connectivity index (χ2n) is 12.2. The van der Waals surface area contributed by atoms with Crippen molar-refractivity contribution in [2.75, 3.05) is 0 Å². The molecule has 5 fully saturated rings. The highest BCUT2D eigenvalue weighted by molar-refractivity contribution is 5.29. The van der Waals surface area contributed by atoms with Crippen molar-refractivity contribution in [3.8, 4) is 5.75 Å². The van der Waals surface area contributed by atoms with Gasteiger partial charge < -0.3 is 9.47 Å². The molecule has 1 aromatic carbocycles. The molecule has 0 amide bonds. The lowest BCUT2D eigenvalue weighted by Gasteiger charge is -2.57. The summed E-state index contributed by atoms with van der Waals surface area (Å²) >= 11 is 0. The van der Waals surface area contributed by atoms with Crippen LogP contribution in [0.4, 0.5) is 0 Å². The molecular weight excluding hydrogens is 452 g/mol. The largest absolute Gasteiger partial charge is 0.465 e. The third-order valence-corrected chi connectivity index (χ3v) is 8.99. The van der Waals surface area contributed by atoms with Gasteiger partial charge in [-0.1, -0.05) is 93.2 Å². The Balaban J connectivity index is 0.000000630. The lowest BCUT2D eigenvalue weighted by atomic mass is 9.49. The Labute approximate surface area is 231 Å². The monoisotopic (exact) mass is 514 g/mol. The van der Waals surface area contributed by atoms with Crippen LogP contribution in [-0.4, -0.2) is 12.4 Å². The van der Waals surface area contributed by atoms with E-state index < -0.39 is 0 Å². The van der Waals surface area contributed by atoms with Gasteiger partial charge in [0.15, 0.2) is 0 Å². The summed E-state index contributed by atoms with van der Waals surface area (Å²) in [5, 5.41) is 0. The Morgan fingerprint density at radius 2 is 1.27 bits per heavy atom. The van der Waals surface area contributed by atoms with Crippen molar-refractivity contribution in [2.24, 2.45) is 23.2 Å². The van der Waals surface area contributed by atoms with Crippen LogP contribution in [0.15, 0.2) is 24.3 Å². The maximum atomic E-state index is 6.71. The summed E-state index contributed by atoms with van der Waals surface area (Å²) in [4.78, 5) is 0. The summed E-state index contributed by atoms with van der Waals surface area (Å²) < 4.78 is 13.3. The normalized spacial score (nSPS) is 29.5. The molecule has 6 rings (SSSR count). The zero-order chi connectivity index (χ0) is 27.3. The molecule has 0 N–H and O–H groups in total. The molecular formula is C35H62O2. The molecule has 4 bridgehead atoms. The molecule has 5 aliphatic rings. The average Bonchev–Trinajstić information content (AvgIpc) is 2.91. The van der Waals surface area contributed by atoms with Crippen molar-refractivity contribution >= 4 is 0 Å². The highest BCUT2D eigenvalue weighted by Crippen LogP contribution is 2.61. The fraction of sp³-hybridized carbons (Fsp3) is 0.829. The zero-order valence-corrected chi connectivity index (χ0v) is 26.0. The summed E-state index contributed by atoms with van der Waals surface area (Å²) in [5.74, 6) is 4.57. The second kappa shape index (κ2) is 16.8. The van der Waals surface area contributed by atoms with Gasteiger partial charge in [-0.15, -0.1) is 0 Å². The van der Waals surface area contributed by atoms with Crippen molar-refractivity contribution in [1.29, 1.82) is 0 Å². The fourth-order valence-corrected chi connectivity index (χ4v) is 7.69. The van der Waals surface area contributed by atoms with E-state index in [0.29, 0.717) is 17.4 Å². The fourth-order valence-electron chi connectivity index (χ4n) is 7.69.